The van der Waals surface area contributed by atoms with Gasteiger partial charge in [0.2, 0.25) is 5.89 Å². The van der Waals surface area contributed by atoms with Gasteiger partial charge < -0.3 is 13.7 Å². The monoisotopic (exact) mass is 330 g/mol. The van der Waals surface area contributed by atoms with Gasteiger partial charge in [-0.1, -0.05) is 19.0 Å². The second-order valence-corrected chi connectivity index (χ2v) is 5.49. The number of esters is 1. The average Bonchev–Trinajstić information content (AvgIpc) is 3.27. The smallest absolute Gasteiger partial charge is 0.342 e. The zero-order chi connectivity index (χ0) is 17.1. The van der Waals surface area contributed by atoms with Crippen LogP contribution in [0.5, 0.6) is 0 Å². The number of rotatable bonds is 6. The van der Waals surface area contributed by atoms with E-state index in [2.05, 4.69) is 15.2 Å². The summed E-state index contributed by atoms with van der Waals surface area (Å²) < 4.78 is 17.2. The van der Waals surface area contributed by atoms with E-state index in [0.717, 1.165) is 0 Å². The number of hydrogen-bond donors (Lipinski definition) is 0. The number of aromatic nitrogens is 4. The van der Waals surface area contributed by atoms with Crippen molar-refractivity contribution in [2.45, 2.75) is 33.2 Å². The quantitative estimate of drug-likeness (QED) is 0.641. The minimum Gasteiger partial charge on any atom is -0.463 e. The van der Waals surface area contributed by atoms with E-state index >= 15 is 0 Å². The highest BCUT2D eigenvalue weighted by molar-refractivity contribution is 5.95. The van der Waals surface area contributed by atoms with Crippen LogP contribution in [0.25, 0.3) is 11.5 Å². The summed E-state index contributed by atoms with van der Waals surface area (Å²) in [6, 6.07) is 3.47. The van der Waals surface area contributed by atoms with Gasteiger partial charge >= 0.3 is 5.97 Å². The Morgan fingerprint density at radius 1 is 1.42 bits per heavy atom. The molecule has 8 heteroatoms. The first kappa shape index (κ1) is 16.0. The third-order valence-electron chi connectivity index (χ3n) is 3.29. The first-order valence-corrected chi connectivity index (χ1v) is 7.69. The van der Waals surface area contributed by atoms with E-state index in [1.807, 2.05) is 13.8 Å². The molecule has 3 rings (SSSR count). The average molecular weight is 330 g/mol. The van der Waals surface area contributed by atoms with Crippen LogP contribution in [-0.4, -0.2) is 32.5 Å². The van der Waals surface area contributed by atoms with Gasteiger partial charge in [-0.05, 0) is 19.1 Å². The second kappa shape index (κ2) is 6.69. The highest BCUT2D eigenvalue weighted by Gasteiger charge is 2.21. The van der Waals surface area contributed by atoms with Crippen molar-refractivity contribution < 1.29 is 18.5 Å². The molecule has 0 aromatic carbocycles. The van der Waals surface area contributed by atoms with Gasteiger partial charge in [-0.15, -0.1) is 0 Å². The lowest BCUT2D eigenvalue weighted by Gasteiger charge is -1.99. The number of furan rings is 1. The molecular weight excluding hydrogens is 312 g/mol. The molecule has 0 amide bonds. The number of carbonyl (C=O) groups excluding carboxylic acids is 1. The largest absolute Gasteiger partial charge is 0.463 e. The molecule has 0 saturated heterocycles. The molecule has 0 N–H and O–H groups in total. The van der Waals surface area contributed by atoms with Crippen molar-refractivity contribution in [1.29, 1.82) is 0 Å². The summed E-state index contributed by atoms with van der Waals surface area (Å²) in [5.41, 5.74) is 0.755. The Kier molecular flexibility index (Phi) is 4.45. The van der Waals surface area contributed by atoms with Crippen molar-refractivity contribution in [3.63, 3.8) is 0 Å². The van der Waals surface area contributed by atoms with Crippen LogP contribution in [0.15, 0.2) is 33.5 Å². The van der Waals surface area contributed by atoms with Gasteiger partial charge in [0.05, 0.1) is 12.9 Å². The maximum atomic E-state index is 12.2. The van der Waals surface area contributed by atoms with E-state index in [4.69, 9.17) is 13.7 Å². The van der Waals surface area contributed by atoms with Crippen LogP contribution in [0, 0.1) is 0 Å². The van der Waals surface area contributed by atoms with Crippen LogP contribution in [0.4, 0.5) is 0 Å². The van der Waals surface area contributed by atoms with Crippen molar-refractivity contribution >= 4 is 5.97 Å². The molecule has 0 spiro atoms. The maximum Gasteiger partial charge on any atom is 0.342 e. The number of nitrogens with zero attached hydrogens (tertiary/aromatic N) is 4. The van der Waals surface area contributed by atoms with Crippen molar-refractivity contribution in [2.24, 2.45) is 0 Å². The van der Waals surface area contributed by atoms with Crippen molar-refractivity contribution in [2.75, 3.05) is 6.61 Å². The normalized spacial score (nSPS) is 11.2. The molecule has 0 radical (unpaired) electrons. The minimum atomic E-state index is -0.453. The summed E-state index contributed by atoms with van der Waals surface area (Å²) in [6.07, 6.45) is 3.12. The SMILES string of the molecule is CCOC(=O)c1cn(Cc2noc(C(C)C)n2)nc1-c1ccco1. The molecule has 126 valence electrons. The van der Waals surface area contributed by atoms with Crippen molar-refractivity contribution in [3.8, 4) is 11.5 Å². The zero-order valence-corrected chi connectivity index (χ0v) is 13.7. The van der Waals surface area contributed by atoms with E-state index in [9.17, 15) is 4.79 Å². The summed E-state index contributed by atoms with van der Waals surface area (Å²) in [5.74, 6) is 1.24. The summed E-state index contributed by atoms with van der Waals surface area (Å²) in [7, 11) is 0. The van der Waals surface area contributed by atoms with E-state index in [0.29, 0.717) is 28.7 Å². The third kappa shape index (κ3) is 3.22. The minimum absolute atomic E-state index is 0.151. The summed E-state index contributed by atoms with van der Waals surface area (Å²) in [5, 5.41) is 8.33. The van der Waals surface area contributed by atoms with Crippen LogP contribution < -0.4 is 0 Å². The summed E-state index contributed by atoms with van der Waals surface area (Å²) >= 11 is 0. The highest BCUT2D eigenvalue weighted by atomic mass is 16.5. The lowest BCUT2D eigenvalue weighted by atomic mass is 10.2. The van der Waals surface area contributed by atoms with Crippen molar-refractivity contribution in [3.05, 3.63) is 41.9 Å². The van der Waals surface area contributed by atoms with Gasteiger partial charge in [-0.2, -0.15) is 10.1 Å². The Hall–Kier alpha value is -2.90. The summed E-state index contributed by atoms with van der Waals surface area (Å²) in [4.78, 5) is 16.5. The molecule has 0 atom stereocenters. The lowest BCUT2D eigenvalue weighted by Crippen LogP contribution is -2.05. The second-order valence-electron chi connectivity index (χ2n) is 5.49. The third-order valence-corrected chi connectivity index (χ3v) is 3.29. The van der Waals surface area contributed by atoms with E-state index in [1.165, 1.54) is 6.26 Å². The van der Waals surface area contributed by atoms with Crippen LogP contribution in [0.1, 0.15) is 48.8 Å². The molecule has 8 nitrogen and oxygen atoms in total. The van der Waals surface area contributed by atoms with Gasteiger partial charge in [-0.3, -0.25) is 4.68 Å². The maximum absolute atomic E-state index is 12.2. The number of ether oxygens (including phenoxy) is 1. The molecule has 0 aliphatic heterocycles. The van der Waals surface area contributed by atoms with Crippen LogP contribution in [0.3, 0.4) is 0 Å². The molecule has 0 fully saturated rings. The Morgan fingerprint density at radius 2 is 2.25 bits per heavy atom. The molecular formula is C16H18N4O4. The fourth-order valence-electron chi connectivity index (χ4n) is 2.17. The van der Waals surface area contributed by atoms with Gasteiger partial charge in [-0.25, -0.2) is 4.79 Å². The Morgan fingerprint density at radius 3 is 2.88 bits per heavy atom. The Bertz CT molecular complexity index is 817. The van der Waals surface area contributed by atoms with Crippen LogP contribution in [0.2, 0.25) is 0 Å². The first-order chi connectivity index (χ1) is 11.6. The molecule has 3 aromatic heterocycles. The molecule has 24 heavy (non-hydrogen) atoms. The molecule has 0 saturated carbocycles. The van der Waals surface area contributed by atoms with Gasteiger partial charge in [0.1, 0.15) is 17.8 Å². The van der Waals surface area contributed by atoms with E-state index in [-0.39, 0.29) is 19.1 Å². The van der Waals surface area contributed by atoms with Crippen molar-refractivity contribution in [1.82, 2.24) is 19.9 Å². The molecule has 0 bridgehead atoms. The standard InChI is InChI=1S/C16H18N4O4/c1-4-22-16(21)11-8-20(18-14(11)12-6-5-7-23-12)9-13-17-15(10(2)3)24-19-13/h5-8,10H,4,9H2,1-3H3. The Balaban J connectivity index is 1.91. The van der Waals surface area contributed by atoms with E-state index < -0.39 is 5.97 Å². The fourth-order valence-corrected chi connectivity index (χ4v) is 2.17. The van der Waals surface area contributed by atoms with Gasteiger partial charge in [0.25, 0.3) is 0 Å². The van der Waals surface area contributed by atoms with Gasteiger partial charge in [0, 0.05) is 12.1 Å². The molecule has 0 unspecified atom stereocenters. The van der Waals surface area contributed by atoms with Crippen LogP contribution >= 0.6 is 0 Å². The molecule has 3 aromatic rings. The first-order valence-electron chi connectivity index (χ1n) is 7.69. The predicted molar refractivity (Wildman–Crippen MR) is 83.4 cm³/mol. The highest BCUT2D eigenvalue weighted by Crippen LogP contribution is 2.23. The topological polar surface area (TPSA) is 96.2 Å². The van der Waals surface area contributed by atoms with Gasteiger partial charge in [0.15, 0.2) is 11.6 Å². The Labute approximate surface area is 138 Å². The molecule has 3 heterocycles. The van der Waals surface area contributed by atoms with Crippen LogP contribution in [-0.2, 0) is 11.3 Å². The predicted octanol–water partition coefficient (Wildman–Crippen LogP) is 2.87. The summed E-state index contributed by atoms with van der Waals surface area (Å²) in [6.45, 7) is 6.26. The molecule has 0 aliphatic carbocycles. The fraction of sp³-hybridized carbons (Fsp3) is 0.375. The van der Waals surface area contributed by atoms with E-state index in [1.54, 1.807) is 29.9 Å². The lowest BCUT2D eigenvalue weighted by molar-refractivity contribution is 0.0527. The number of carbonyl (C=O) groups is 1. The molecule has 0 aliphatic rings. The number of hydrogen-bond acceptors (Lipinski definition) is 7. The zero-order valence-electron chi connectivity index (χ0n) is 13.7.